The molecule has 19 heavy (non-hydrogen) atoms. The predicted octanol–water partition coefficient (Wildman–Crippen LogP) is 3.07. The Hall–Kier alpha value is -1.19. The maximum absolute atomic E-state index is 12.8. The van der Waals surface area contributed by atoms with Gasteiger partial charge in [0.05, 0.1) is 6.10 Å². The molecule has 0 bridgehead atoms. The van der Waals surface area contributed by atoms with Crippen molar-refractivity contribution in [1.29, 1.82) is 0 Å². The molecule has 0 radical (unpaired) electrons. The van der Waals surface area contributed by atoms with E-state index >= 15 is 0 Å². The molecule has 0 aromatic heterocycles. The molecule has 1 aliphatic heterocycles. The third-order valence-electron chi connectivity index (χ3n) is 3.63. The molecule has 0 amide bonds. The summed E-state index contributed by atoms with van der Waals surface area (Å²) >= 11 is 0. The number of likely N-dealkylation sites (tertiary alicyclic amines) is 1. The molecule has 2 atom stereocenters. The lowest BCUT2D eigenvalue weighted by atomic mass is 10.1. The van der Waals surface area contributed by atoms with E-state index in [9.17, 15) is 9.50 Å². The van der Waals surface area contributed by atoms with Crippen molar-refractivity contribution in [2.75, 3.05) is 13.1 Å². The summed E-state index contributed by atoms with van der Waals surface area (Å²) < 4.78 is 12.8. The first-order valence-electron chi connectivity index (χ1n) is 6.99. The van der Waals surface area contributed by atoms with Gasteiger partial charge in [-0.25, -0.2) is 4.39 Å². The molecule has 1 saturated heterocycles. The zero-order chi connectivity index (χ0) is 13.7. The fourth-order valence-corrected chi connectivity index (χ4v) is 2.69. The Labute approximate surface area is 114 Å². The molecule has 1 N–H and O–H groups in total. The van der Waals surface area contributed by atoms with E-state index in [-0.39, 0.29) is 11.9 Å². The van der Waals surface area contributed by atoms with Crippen molar-refractivity contribution in [3.05, 3.63) is 41.7 Å². The molecular weight excluding hydrogens is 241 g/mol. The van der Waals surface area contributed by atoms with Crippen LogP contribution in [0.15, 0.2) is 30.3 Å². The maximum atomic E-state index is 12.8. The zero-order valence-corrected chi connectivity index (χ0v) is 11.4. The number of aliphatic hydroxyl groups excluding tert-OH is 1. The van der Waals surface area contributed by atoms with Gasteiger partial charge in [0.15, 0.2) is 0 Å². The van der Waals surface area contributed by atoms with Crippen LogP contribution in [0, 0.1) is 5.82 Å². The van der Waals surface area contributed by atoms with Crippen LogP contribution in [0.3, 0.4) is 0 Å². The lowest BCUT2D eigenvalue weighted by Gasteiger charge is -2.24. The first-order chi connectivity index (χ1) is 9.15. The van der Waals surface area contributed by atoms with Crippen LogP contribution in [-0.4, -0.2) is 35.2 Å². The molecule has 1 aromatic rings. The maximum Gasteiger partial charge on any atom is 0.123 e. The molecule has 1 aromatic carbocycles. The number of aliphatic hydroxyl groups is 1. The highest BCUT2D eigenvalue weighted by atomic mass is 19.1. The second kappa shape index (κ2) is 6.83. The Kier molecular flexibility index (Phi) is 5.11. The molecule has 0 aliphatic carbocycles. The average Bonchev–Trinajstić information content (AvgIpc) is 2.78. The van der Waals surface area contributed by atoms with E-state index in [1.165, 1.54) is 25.0 Å². The van der Waals surface area contributed by atoms with Gasteiger partial charge in [-0.1, -0.05) is 24.3 Å². The SMILES string of the molecule is CC(O)CC1CCCN1C/C=C/c1ccc(F)cc1. The monoisotopic (exact) mass is 263 g/mol. The van der Waals surface area contributed by atoms with E-state index in [0.717, 1.165) is 25.1 Å². The van der Waals surface area contributed by atoms with Crippen LogP contribution in [0.25, 0.3) is 6.08 Å². The molecule has 1 aliphatic rings. The lowest BCUT2D eigenvalue weighted by molar-refractivity contribution is 0.139. The summed E-state index contributed by atoms with van der Waals surface area (Å²) in [6.45, 7) is 3.85. The van der Waals surface area contributed by atoms with Gasteiger partial charge in [0.25, 0.3) is 0 Å². The van der Waals surface area contributed by atoms with Crippen LogP contribution in [0.1, 0.15) is 31.7 Å². The van der Waals surface area contributed by atoms with E-state index in [1.807, 2.05) is 13.0 Å². The first-order valence-corrected chi connectivity index (χ1v) is 6.99. The van der Waals surface area contributed by atoms with Crippen molar-refractivity contribution in [3.63, 3.8) is 0 Å². The minimum Gasteiger partial charge on any atom is -0.393 e. The number of nitrogens with zero attached hydrogens (tertiary/aromatic N) is 1. The summed E-state index contributed by atoms with van der Waals surface area (Å²) in [7, 11) is 0. The standard InChI is InChI=1S/C16H22FNO/c1-13(19)12-16-5-3-11-18(16)10-2-4-14-6-8-15(17)9-7-14/h2,4,6-9,13,16,19H,3,5,10-12H2,1H3/b4-2+. The first kappa shape index (κ1) is 14.2. The molecule has 0 saturated carbocycles. The minimum absolute atomic E-state index is 0.200. The molecule has 2 rings (SSSR count). The van der Waals surface area contributed by atoms with Crippen molar-refractivity contribution < 1.29 is 9.50 Å². The Morgan fingerprint density at radius 2 is 2.16 bits per heavy atom. The van der Waals surface area contributed by atoms with Crippen molar-refractivity contribution in [3.8, 4) is 0 Å². The predicted molar refractivity (Wildman–Crippen MR) is 76.3 cm³/mol. The quantitative estimate of drug-likeness (QED) is 0.882. The van der Waals surface area contributed by atoms with Gasteiger partial charge in [0.1, 0.15) is 5.82 Å². The Bertz CT molecular complexity index is 413. The number of hydrogen-bond donors (Lipinski definition) is 1. The lowest BCUT2D eigenvalue weighted by Crippen LogP contribution is -2.31. The molecule has 2 unspecified atom stereocenters. The van der Waals surface area contributed by atoms with E-state index in [1.54, 1.807) is 12.1 Å². The van der Waals surface area contributed by atoms with Gasteiger partial charge in [0.2, 0.25) is 0 Å². The number of halogens is 1. The van der Waals surface area contributed by atoms with Crippen molar-refractivity contribution in [2.45, 2.75) is 38.3 Å². The van der Waals surface area contributed by atoms with Crippen molar-refractivity contribution >= 4 is 6.08 Å². The van der Waals surface area contributed by atoms with Crippen LogP contribution in [0.5, 0.6) is 0 Å². The fourth-order valence-electron chi connectivity index (χ4n) is 2.69. The Morgan fingerprint density at radius 3 is 2.84 bits per heavy atom. The Morgan fingerprint density at radius 1 is 1.42 bits per heavy atom. The smallest absolute Gasteiger partial charge is 0.123 e. The van der Waals surface area contributed by atoms with Crippen LogP contribution >= 0.6 is 0 Å². The summed E-state index contributed by atoms with van der Waals surface area (Å²) in [5, 5.41) is 9.48. The molecule has 1 heterocycles. The highest BCUT2D eigenvalue weighted by Gasteiger charge is 2.24. The van der Waals surface area contributed by atoms with Gasteiger partial charge in [0, 0.05) is 12.6 Å². The topological polar surface area (TPSA) is 23.5 Å². The molecular formula is C16H22FNO. The van der Waals surface area contributed by atoms with Gasteiger partial charge < -0.3 is 5.11 Å². The van der Waals surface area contributed by atoms with Crippen LogP contribution in [-0.2, 0) is 0 Å². The van der Waals surface area contributed by atoms with E-state index in [2.05, 4.69) is 11.0 Å². The van der Waals surface area contributed by atoms with Gasteiger partial charge >= 0.3 is 0 Å². The zero-order valence-electron chi connectivity index (χ0n) is 11.4. The highest BCUT2D eigenvalue weighted by molar-refractivity contribution is 5.48. The van der Waals surface area contributed by atoms with Crippen molar-refractivity contribution in [2.24, 2.45) is 0 Å². The summed E-state index contributed by atoms with van der Waals surface area (Å²) in [4.78, 5) is 2.41. The summed E-state index contributed by atoms with van der Waals surface area (Å²) in [6.07, 6.45) is 7.15. The van der Waals surface area contributed by atoms with Crippen LogP contribution in [0.4, 0.5) is 4.39 Å². The molecule has 104 valence electrons. The highest BCUT2D eigenvalue weighted by Crippen LogP contribution is 2.21. The average molecular weight is 263 g/mol. The van der Waals surface area contributed by atoms with Gasteiger partial charge in [-0.3, -0.25) is 4.90 Å². The van der Waals surface area contributed by atoms with Gasteiger partial charge in [-0.2, -0.15) is 0 Å². The molecule has 2 nitrogen and oxygen atoms in total. The Balaban J connectivity index is 1.85. The third-order valence-corrected chi connectivity index (χ3v) is 3.63. The van der Waals surface area contributed by atoms with E-state index in [4.69, 9.17) is 0 Å². The minimum atomic E-state index is -0.230. The molecule has 3 heteroatoms. The number of benzene rings is 1. The van der Waals surface area contributed by atoms with E-state index < -0.39 is 0 Å². The largest absolute Gasteiger partial charge is 0.393 e. The molecule has 1 fully saturated rings. The summed E-state index contributed by atoms with van der Waals surface area (Å²) in [5.74, 6) is -0.200. The third kappa shape index (κ3) is 4.44. The normalized spacial score (nSPS) is 22.2. The number of rotatable bonds is 5. The second-order valence-corrected chi connectivity index (χ2v) is 5.33. The number of hydrogen-bond acceptors (Lipinski definition) is 2. The van der Waals surface area contributed by atoms with Gasteiger partial charge in [-0.05, 0) is 50.4 Å². The summed E-state index contributed by atoms with van der Waals surface area (Å²) in [6, 6.07) is 7.02. The van der Waals surface area contributed by atoms with Crippen LogP contribution in [0.2, 0.25) is 0 Å². The van der Waals surface area contributed by atoms with E-state index in [0.29, 0.717) is 6.04 Å². The fraction of sp³-hybridized carbons (Fsp3) is 0.500. The van der Waals surface area contributed by atoms with Crippen molar-refractivity contribution in [1.82, 2.24) is 4.90 Å². The summed E-state index contributed by atoms with van der Waals surface area (Å²) in [5.41, 5.74) is 1.02. The second-order valence-electron chi connectivity index (χ2n) is 5.33. The van der Waals surface area contributed by atoms with Crippen LogP contribution < -0.4 is 0 Å². The van der Waals surface area contributed by atoms with Gasteiger partial charge in [-0.15, -0.1) is 0 Å². The molecule has 0 spiro atoms.